The predicted molar refractivity (Wildman–Crippen MR) is 87.5 cm³/mol. The Labute approximate surface area is 131 Å². The lowest BCUT2D eigenvalue weighted by Crippen LogP contribution is -2.15. The first kappa shape index (κ1) is 14.0. The van der Waals surface area contributed by atoms with Gasteiger partial charge in [-0.3, -0.25) is 14.2 Å². The van der Waals surface area contributed by atoms with Gasteiger partial charge in [0.1, 0.15) is 0 Å². The summed E-state index contributed by atoms with van der Waals surface area (Å²) in [5.74, 6) is 1.84. The number of fused-ring (bicyclic) bond motifs is 1. The Hall–Kier alpha value is -1.58. The Bertz CT molecular complexity index is 703. The maximum atomic E-state index is 12.0. The van der Waals surface area contributed by atoms with Gasteiger partial charge in [-0.05, 0) is 31.6 Å². The molecule has 2 heterocycles. The summed E-state index contributed by atoms with van der Waals surface area (Å²) < 4.78 is 2.17. The van der Waals surface area contributed by atoms with Gasteiger partial charge < -0.3 is 0 Å². The van der Waals surface area contributed by atoms with Gasteiger partial charge in [-0.2, -0.15) is 0 Å². The lowest BCUT2D eigenvalue weighted by Gasteiger charge is -2.22. The molecule has 0 aliphatic heterocycles. The fourth-order valence-corrected chi connectivity index (χ4v) is 4.34. The van der Waals surface area contributed by atoms with Crippen molar-refractivity contribution in [2.75, 3.05) is 0 Å². The third-order valence-corrected chi connectivity index (χ3v) is 5.56. The van der Waals surface area contributed by atoms with E-state index in [0.29, 0.717) is 11.8 Å². The molecule has 2 aromatic rings. The molecule has 0 bridgehead atoms. The van der Waals surface area contributed by atoms with Gasteiger partial charge in [0.05, 0.1) is 5.69 Å². The molecule has 2 fully saturated rings. The summed E-state index contributed by atoms with van der Waals surface area (Å²) in [6, 6.07) is 1.80. The molecule has 1 N–H and O–H groups in total. The van der Waals surface area contributed by atoms with Crippen LogP contribution in [0.25, 0.3) is 5.78 Å². The molecule has 22 heavy (non-hydrogen) atoms. The van der Waals surface area contributed by atoms with Crippen molar-refractivity contribution < 1.29 is 0 Å². The molecule has 0 spiro atoms. The Morgan fingerprint density at radius 1 is 0.955 bits per heavy atom. The van der Waals surface area contributed by atoms with Crippen LogP contribution in [0.3, 0.4) is 0 Å². The Balaban J connectivity index is 1.75. The van der Waals surface area contributed by atoms with Gasteiger partial charge >= 0.3 is 0 Å². The van der Waals surface area contributed by atoms with E-state index in [4.69, 9.17) is 4.98 Å². The van der Waals surface area contributed by atoms with Crippen LogP contribution in [0.5, 0.6) is 0 Å². The monoisotopic (exact) mass is 299 g/mol. The van der Waals surface area contributed by atoms with Gasteiger partial charge in [0.2, 0.25) is 5.78 Å². The van der Waals surface area contributed by atoms with E-state index in [0.717, 1.165) is 5.78 Å². The molecular weight excluding hydrogens is 274 g/mol. The minimum Gasteiger partial charge on any atom is -0.292 e. The smallest absolute Gasteiger partial charge is 0.252 e. The zero-order valence-corrected chi connectivity index (χ0v) is 13.2. The molecule has 2 aromatic heterocycles. The van der Waals surface area contributed by atoms with E-state index in [2.05, 4.69) is 15.6 Å². The summed E-state index contributed by atoms with van der Waals surface area (Å²) in [6.07, 6.45) is 15.0. The Morgan fingerprint density at radius 2 is 1.59 bits per heavy atom. The summed E-state index contributed by atoms with van der Waals surface area (Å²) in [5.41, 5.74) is 2.35. The van der Waals surface area contributed by atoms with Crippen molar-refractivity contribution in [2.45, 2.75) is 76.0 Å². The van der Waals surface area contributed by atoms with Crippen molar-refractivity contribution in [1.82, 2.24) is 14.4 Å². The zero-order chi connectivity index (χ0) is 14.9. The number of hydrogen-bond acceptors (Lipinski definition) is 2. The number of hydrogen-bond donors (Lipinski definition) is 1. The van der Waals surface area contributed by atoms with Gasteiger partial charge in [0.25, 0.3) is 5.56 Å². The van der Waals surface area contributed by atoms with Crippen molar-refractivity contribution in [3.8, 4) is 0 Å². The molecule has 118 valence electrons. The van der Waals surface area contributed by atoms with Crippen molar-refractivity contribution >= 4 is 5.78 Å². The van der Waals surface area contributed by atoms with Crippen LogP contribution in [0.2, 0.25) is 0 Å². The summed E-state index contributed by atoms with van der Waals surface area (Å²) >= 11 is 0. The molecule has 2 aliphatic carbocycles. The topological polar surface area (TPSA) is 50.2 Å². The first-order valence-electron chi connectivity index (χ1n) is 8.93. The number of aromatic amines is 1. The molecule has 0 radical (unpaired) electrons. The standard InChI is InChI=1S/C18H25N3O/c22-17-11-16(14-9-5-2-6-10-14)21-12-15(19-18(21)20-17)13-7-3-1-4-8-13/h11-14H,1-10H2,(H,19,20,22). The number of rotatable bonds is 2. The van der Waals surface area contributed by atoms with Crippen LogP contribution in [0.4, 0.5) is 0 Å². The fourth-order valence-electron chi connectivity index (χ4n) is 4.34. The first-order valence-corrected chi connectivity index (χ1v) is 8.93. The lowest BCUT2D eigenvalue weighted by molar-refractivity contribution is 0.432. The molecule has 0 amide bonds. The second-order valence-corrected chi connectivity index (χ2v) is 7.09. The van der Waals surface area contributed by atoms with Crippen molar-refractivity contribution in [3.05, 3.63) is 34.0 Å². The molecule has 4 rings (SSSR count). The summed E-state index contributed by atoms with van der Waals surface area (Å²) in [4.78, 5) is 19.7. The molecule has 0 saturated heterocycles. The number of aromatic nitrogens is 3. The lowest BCUT2D eigenvalue weighted by atomic mass is 9.86. The van der Waals surface area contributed by atoms with Crippen LogP contribution in [0.1, 0.15) is 87.4 Å². The average Bonchev–Trinajstić information content (AvgIpc) is 2.99. The largest absolute Gasteiger partial charge is 0.292 e. The van der Waals surface area contributed by atoms with Crippen LogP contribution in [-0.4, -0.2) is 14.4 Å². The van der Waals surface area contributed by atoms with E-state index in [-0.39, 0.29) is 5.56 Å². The fraction of sp³-hybridized carbons (Fsp3) is 0.667. The second kappa shape index (κ2) is 5.90. The van der Waals surface area contributed by atoms with E-state index in [1.54, 1.807) is 6.07 Å². The van der Waals surface area contributed by atoms with E-state index in [1.807, 2.05) is 0 Å². The number of nitrogens with zero attached hydrogens (tertiary/aromatic N) is 2. The third kappa shape index (κ3) is 2.59. The molecule has 0 atom stereocenters. The van der Waals surface area contributed by atoms with Gasteiger partial charge in [0.15, 0.2) is 0 Å². The Morgan fingerprint density at radius 3 is 2.27 bits per heavy atom. The van der Waals surface area contributed by atoms with Gasteiger partial charge in [-0.15, -0.1) is 0 Å². The zero-order valence-electron chi connectivity index (χ0n) is 13.2. The van der Waals surface area contributed by atoms with E-state index < -0.39 is 0 Å². The highest BCUT2D eigenvalue weighted by atomic mass is 16.1. The van der Waals surface area contributed by atoms with Gasteiger partial charge in [-0.1, -0.05) is 38.5 Å². The average molecular weight is 299 g/mol. The second-order valence-electron chi connectivity index (χ2n) is 7.09. The normalized spacial score (nSPS) is 21.5. The highest BCUT2D eigenvalue weighted by Gasteiger charge is 2.22. The number of nitrogens with one attached hydrogen (secondary N) is 1. The number of H-pyrrole nitrogens is 1. The Kier molecular flexibility index (Phi) is 3.77. The number of imidazole rings is 1. The minimum atomic E-state index is -0.00568. The van der Waals surface area contributed by atoms with Crippen molar-refractivity contribution in [2.24, 2.45) is 0 Å². The molecule has 0 aromatic carbocycles. The van der Waals surface area contributed by atoms with Crippen LogP contribution in [-0.2, 0) is 0 Å². The molecule has 4 heteroatoms. The van der Waals surface area contributed by atoms with Crippen LogP contribution in [0.15, 0.2) is 17.1 Å². The quantitative estimate of drug-likeness (QED) is 0.907. The summed E-state index contributed by atoms with van der Waals surface area (Å²) in [6.45, 7) is 0. The molecule has 2 aliphatic rings. The van der Waals surface area contributed by atoms with Crippen molar-refractivity contribution in [1.29, 1.82) is 0 Å². The van der Waals surface area contributed by atoms with Gasteiger partial charge in [-0.25, -0.2) is 4.98 Å². The van der Waals surface area contributed by atoms with Crippen LogP contribution >= 0.6 is 0 Å². The maximum absolute atomic E-state index is 12.0. The minimum absolute atomic E-state index is 0.00568. The third-order valence-electron chi connectivity index (χ3n) is 5.56. The maximum Gasteiger partial charge on any atom is 0.252 e. The van der Waals surface area contributed by atoms with Gasteiger partial charge in [0, 0.05) is 23.9 Å². The van der Waals surface area contributed by atoms with Crippen molar-refractivity contribution in [3.63, 3.8) is 0 Å². The highest BCUT2D eigenvalue weighted by Crippen LogP contribution is 2.34. The molecule has 4 nitrogen and oxygen atoms in total. The first-order chi connectivity index (χ1) is 10.8. The van der Waals surface area contributed by atoms with Crippen LogP contribution < -0.4 is 5.56 Å². The van der Waals surface area contributed by atoms with E-state index in [1.165, 1.54) is 75.6 Å². The van der Waals surface area contributed by atoms with E-state index >= 15 is 0 Å². The molecule has 0 unspecified atom stereocenters. The molecule has 2 saturated carbocycles. The van der Waals surface area contributed by atoms with Crippen LogP contribution in [0, 0.1) is 0 Å². The SMILES string of the molecule is O=c1cc(C2CCCCC2)n2cc(C3CCCCC3)nc2[nH]1. The van der Waals surface area contributed by atoms with E-state index in [9.17, 15) is 4.79 Å². The molecular formula is C18H25N3O. The predicted octanol–water partition coefficient (Wildman–Crippen LogP) is 4.12. The summed E-state index contributed by atoms with van der Waals surface area (Å²) in [7, 11) is 0. The highest BCUT2D eigenvalue weighted by molar-refractivity contribution is 5.35. The summed E-state index contributed by atoms with van der Waals surface area (Å²) in [5, 5.41) is 0.